The highest BCUT2D eigenvalue weighted by Gasteiger charge is 2.20. The molecule has 0 aliphatic heterocycles. The van der Waals surface area contributed by atoms with Crippen molar-refractivity contribution in [3.63, 3.8) is 0 Å². The lowest BCUT2D eigenvalue weighted by Gasteiger charge is -2.20. The summed E-state index contributed by atoms with van der Waals surface area (Å²) < 4.78 is 1.66. The van der Waals surface area contributed by atoms with Gasteiger partial charge in [0.15, 0.2) is 0 Å². The number of rotatable bonds is 6. The molecule has 6 heteroatoms. The van der Waals surface area contributed by atoms with E-state index >= 15 is 0 Å². The number of anilines is 1. The Morgan fingerprint density at radius 1 is 1.36 bits per heavy atom. The maximum Gasteiger partial charge on any atom is 0.245 e. The van der Waals surface area contributed by atoms with Crippen molar-refractivity contribution in [3.05, 3.63) is 11.8 Å². The monoisotopic (exact) mass is 308 g/mol. The Morgan fingerprint density at radius 3 is 2.45 bits per heavy atom. The fourth-order valence-corrected chi connectivity index (χ4v) is 2.00. The quantitative estimate of drug-likeness (QED) is 0.877. The van der Waals surface area contributed by atoms with Gasteiger partial charge in [0, 0.05) is 32.0 Å². The summed E-state index contributed by atoms with van der Waals surface area (Å²) in [6, 6.07) is 1.88. The molecule has 0 saturated carbocycles. The summed E-state index contributed by atoms with van der Waals surface area (Å²) in [7, 11) is 1.80. The fourth-order valence-electron chi connectivity index (χ4n) is 2.00. The molecule has 0 saturated heterocycles. The number of hydrogen-bond acceptors (Lipinski definition) is 3. The van der Waals surface area contributed by atoms with Crippen molar-refractivity contribution in [2.75, 3.05) is 18.4 Å². The van der Waals surface area contributed by atoms with Crippen LogP contribution in [0, 0.1) is 0 Å². The molecular formula is C16H28N4O2. The molecule has 22 heavy (non-hydrogen) atoms. The van der Waals surface area contributed by atoms with E-state index in [1.807, 2.05) is 6.07 Å². The second-order valence-electron chi connectivity index (χ2n) is 6.63. The molecule has 0 unspecified atom stereocenters. The standard InChI is InChI=1S/C16H28N4O2/c1-7-8-9-20(12(2)21)11-15(22)17-14-10-13(16(3,4)5)18-19(14)6/h10H,7-9,11H2,1-6H3,(H,17,22). The summed E-state index contributed by atoms with van der Waals surface area (Å²) in [6.45, 7) is 10.4. The molecule has 1 rings (SSSR count). The van der Waals surface area contributed by atoms with Crippen LogP contribution < -0.4 is 5.32 Å². The summed E-state index contributed by atoms with van der Waals surface area (Å²) in [5, 5.41) is 7.25. The summed E-state index contributed by atoms with van der Waals surface area (Å²) in [5.41, 5.74) is 0.840. The molecule has 2 amide bonds. The molecule has 1 aromatic heterocycles. The second kappa shape index (κ2) is 7.42. The van der Waals surface area contributed by atoms with Gasteiger partial charge in [0.05, 0.1) is 12.2 Å². The van der Waals surface area contributed by atoms with Crippen LogP contribution in [0.3, 0.4) is 0 Å². The Labute approximate surface area is 132 Å². The molecule has 0 radical (unpaired) electrons. The van der Waals surface area contributed by atoms with E-state index in [2.05, 4.69) is 38.1 Å². The van der Waals surface area contributed by atoms with E-state index in [1.54, 1.807) is 16.6 Å². The number of carbonyl (C=O) groups is 2. The van der Waals surface area contributed by atoms with Crippen molar-refractivity contribution in [1.29, 1.82) is 0 Å². The van der Waals surface area contributed by atoms with Gasteiger partial charge >= 0.3 is 0 Å². The van der Waals surface area contributed by atoms with Crippen LogP contribution in [0.2, 0.25) is 0 Å². The van der Waals surface area contributed by atoms with Crippen LogP contribution in [-0.4, -0.2) is 39.6 Å². The topological polar surface area (TPSA) is 67.2 Å². The number of nitrogens with one attached hydrogen (secondary N) is 1. The lowest BCUT2D eigenvalue weighted by molar-refractivity contribution is -0.132. The number of amides is 2. The second-order valence-corrected chi connectivity index (χ2v) is 6.63. The van der Waals surface area contributed by atoms with Gasteiger partial charge in [-0.25, -0.2) is 0 Å². The largest absolute Gasteiger partial charge is 0.334 e. The van der Waals surface area contributed by atoms with Gasteiger partial charge in [-0.1, -0.05) is 34.1 Å². The molecule has 0 aliphatic rings. The molecule has 0 spiro atoms. The molecule has 0 aliphatic carbocycles. The van der Waals surface area contributed by atoms with Crippen molar-refractivity contribution in [3.8, 4) is 0 Å². The van der Waals surface area contributed by atoms with Crippen molar-refractivity contribution >= 4 is 17.6 Å². The summed E-state index contributed by atoms with van der Waals surface area (Å²) >= 11 is 0. The highest BCUT2D eigenvalue weighted by Crippen LogP contribution is 2.23. The Kier molecular flexibility index (Phi) is 6.14. The van der Waals surface area contributed by atoms with Crippen LogP contribution in [0.5, 0.6) is 0 Å². The smallest absolute Gasteiger partial charge is 0.245 e. The molecule has 1 N–H and O–H groups in total. The van der Waals surface area contributed by atoms with E-state index in [4.69, 9.17) is 0 Å². The zero-order chi connectivity index (χ0) is 16.9. The molecule has 1 aromatic rings. The predicted molar refractivity (Wildman–Crippen MR) is 87.7 cm³/mol. The van der Waals surface area contributed by atoms with Crippen molar-refractivity contribution < 1.29 is 9.59 Å². The Bertz CT molecular complexity index is 529. The Morgan fingerprint density at radius 2 is 2.00 bits per heavy atom. The summed E-state index contributed by atoms with van der Waals surface area (Å²) in [6.07, 6.45) is 1.88. The third-order valence-electron chi connectivity index (χ3n) is 3.48. The third kappa shape index (κ3) is 5.16. The minimum atomic E-state index is -0.199. The van der Waals surface area contributed by atoms with Crippen molar-refractivity contribution in [1.82, 2.24) is 14.7 Å². The van der Waals surface area contributed by atoms with E-state index < -0.39 is 0 Å². The summed E-state index contributed by atoms with van der Waals surface area (Å²) in [5.74, 6) is 0.368. The maximum absolute atomic E-state index is 12.2. The van der Waals surface area contributed by atoms with Crippen molar-refractivity contribution in [2.24, 2.45) is 7.05 Å². The molecule has 0 aromatic carbocycles. The lowest BCUT2D eigenvalue weighted by atomic mass is 9.92. The van der Waals surface area contributed by atoms with Crippen LogP contribution in [0.1, 0.15) is 53.2 Å². The van der Waals surface area contributed by atoms with Gasteiger partial charge in [0.25, 0.3) is 0 Å². The van der Waals surface area contributed by atoms with Crippen molar-refractivity contribution in [2.45, 2.75) is 52.9 Å². The van der Waals surface area contributed by atoms with Gasteiger partial charge in [-0.3, -0.25) is 14.3 Å². The number of aryl methyl sites for hydroxylation is 1. The first-order valence-electron chi connectivity index (χ1n) is 7.75. The van der Waals surface area contributed by atoms with Crippen LogP contribution in [0.4, 0.5) is 5.82 Å². The number of aromatic nitrogens is 2. The molecule has 0 bridgehead atoms. The third-order valence-corrected chi connectivity index (χ3v) is 3.48. The zero-order valence-corrected chi connectivity index (χ0v) is 14.6. The highest BCUT2D eigenvalue weighted by atomic mass is 16.2. The van der Waals surface area contributed by atoms with Gasteiger partial charge in [0.2, 0.25) is 11.8 Å². The first kappa shape index (κ1) is 18.2. The normalized spacial score (nSPS) is 11.4. The van der Waals surface area contributed by atoms with Gasteiger partial charge in [-0.2, -0.15) is 5.10 Å². The minimum absolute atomic E-state index is 0.0748. The SMILES string of the molecule is CCCCN(CC(=O)Nc1cc(C(C)(C)C)nn1C)C(C)=O. The molecule has 0 atom stereocenters. The summed E-state index contributed by atoms with van der Waals surface area (Å²) in [4.78, 5) is 25.3. The van der Waals surface area contributed by atoms with E-state index in [1.165, 1.54) is 6.92 Å². The molecule has 6 nitrogen and oxygen atoms in total. The highest BCUT2D eigenvalue weighted by molar-refractivity contribution is 5.93. The van der Waals surface area contributed by atoms with Gasteiger partial charge in [-0.15, -0.1) is 0 Å². The lowest BCUT2D eigenvalue weighted by Crippen LogP contribution is -2.37. The Hall–Kier alpha value is -1.85. The van der Waals surface area contributed by atoms with Crippen LogP contribution >= 0.6 is 0 Å². The molecule has 1 heterocycles. The van der Waals surface area contributed by atoms with E-state index in [0.717, 1.165) is 18.5 Å². The predicted octanol–water partition coefficient (Wildman–Crippen LogP) is 2.30. The fraction of sp³-hybridized carbons (Fsp3) is 0.688. The molecule has 0 fully saturated rings. The van der Waals surface area contributed by atoms with Gasteiger partial charge in [0.1, 0.15) is 5.82 Å². The zero-order valence-electron chi connectivity index (χ0n) is 14.6. The first-order valence-corrected chi connectivity index (χ1v) is 7.75. The minimum Gasteiger partial charge on any atom is -0.334 e. The van der Waals surface area contributed by atoms with Crippen LogP contribution in [-0.2, 0) is 22.1 Å². The number of nitrogens with zero attached hydrogens (tertiary/aromatic N) is 3. The Balaban J connectivity index is 2.72. The number of hydrogen-bond donors (Lipinski definition) is 1. The van der Waals surface area contributed by atoms with E-state index in [-0.39, 0.29) is 23.8 Å². The maximum atomic E-state index is 12.2. The molecule has 124 valence electrons. The first-order chi connectivity index (χ1) is 10.1. The van der Waals surface area contributed by atoms with Crippen LogP contribution in [0.25, 0.3) is 0 Å². The van der Waals surface area contributed by atoms with Gasteiger partial charge in [-0.05, 0) is 6.42 Å². The molecular weight excluding hydrogens is 280 g/mol. The van der Waals surface area contributed by atoms with Gasteiger partial charge < -0.3 is 10.2 Å². The number of unbranched alkanes of at least 4 members (excludes halogenated alkanes) is 1. The van der Waals surface area contributed by atoms with Crippen LogP contribution in [0.15, 0.2) is 6.07 Å². The number of carbonyl (C=O) groups excluding carboxylic acids is 2. The van der Waals surface area contributed by atoms with E-state index in [9.17, 15) is 9.59 Å². The average Bonchev–Trinajstić information content (AvgIpc) is 2.75. The average molecular weight is 308 g/mol. The van der Waals surface area contributed by atoms with E-state index in [0.29, 0.717) is 12.4 Å².